The Hall–Kier alpha value is -2.58. The van der Waals surface area contributed by atoms with Crippen molar-refractivity contribution in [2.75, 3.05) is 6.54 Å². The van der Waals surface area contributed by atoms with Crippen LogP contribution in [0.15, 0.2) is 24.4 Å². The SMILES string of the molecule is Cc1cnn(C)c1-c1c(C)sc(C(N)=O)c1[C@@H](CN)Cc1ccc(F)c(F)c1. The molecule has 2 heterocycles. The normalized spacial score (nSPS) is 12.4. The summed E-state index contributed by atoms with van der Waals surface area (Å²) in [5.41, 5.74) is 15.8. The van der Waals surface area contributed by atoms with Gasteiger partial charge in [0.05, 0.1) is 16.8 Å². The fourth-order valence-electron chi connectivity index (χ4n) is 3.59. The van der Waals surface area contributed by atoms with Gasteiger partial charge in [-0.1, -0.05) is 6.07 Å². The highest BCUT2D eigenvalue weighted by atomic mass is 32.1. The summed E-state index contributed by atoms with van der Waals surface area (Å²) in [4.78, 5) is 13.5. The molecular formula is C20H22F2N4OS. The van der Waals surface area contributed by atoms with Crippen molar-refractivity contribution in [3.05, 3.63) is 62.5 Å². The molecule has 1 amide bonds. The molecular weight excluding hydrogens is 382 g/mol. The van der Waals surface area contributed by atoms with Gasteiger partial charge < -0.3 is 11.5 Å². The number of halogens is 2. The molecule has 0 aliphatic heterocycles. The van der Waals surface area contributed by atoms with Crippen LogP contribution in [0.2, 0.25) is 0 Å². The van der Waals surface area contributed by atoms with E-state index in [4.69, 9.17) is 11.5 Å². The van der Waals surface area contributed by atoms with Gasteiger partial charge in [0.15, 0.2) is 11.6 Å². The van der Waals surface area contributed by atoms with E-state index in [-0.39, 0.29) is 12.5 Å². The molecule has 0 radical (unpaired) electrons. The number of amides is 1. The molecule has 0 spiro atoms. The third kappa shape index (κ3) is 3.57. The summed E-state index contributed by atoms with van der Waals surface area (Å²) in [7, 11) is 1.83. The lowest BCUT2D eigenvalue weighted by Gasteiger charge is -2.19. The molecule has 0 unspecified atom stereocenters. The molecule has 0 aliphatic rings. The van der Waals surface area contributed by atoms with E-state index >= 15 is 0 Å². The van der Waals surface area contributed by atoms with E-state index in [2.05, 4.69) is 5.10 Å². The van der Waals surface area contributed by atoms with E-state index in [1.165, 1.54) is 17.4 Å². The molecule has 0 bridgehead atoms. The van der Waals surface area contributed by atoms with Crippen molar-refractivity contribution in [1.82, 2.24) is 9.78 Å². The molecule has 3 aromatic rings. The monoisotopic (exact) mass is 404 g/mol. The Kier molecular flexibility index (Phi) is 5.62. The fourth-order valence-corrected chi connectivity index (χ4v) is 4.68. The van der Waals surface area contributed by atoms with Gasteiger partial charge in [0.2, 0.25) is 0 Å². The first-order chi connectivity index (χ1) is 13.2. The number of benzene rings is 1. The van der Waals surface area contributed by atoms with Crippen LogP contribution in [0.1, 0.15) is 37.2 Å². The second-order valence-electron chi connectivity index (χ2n) is 6.83. The topological polar surface area (TPSA) is 86.9 Å². The largest absolute Gasteiger partial charge is 0.365 e. The molecule has 8 heteroatoms. The smallest absolute Gasteiger partial charge is 0.259 e. The highest BCUT2D eigenvalue weighted by molar-refractivity contribution is 7.14. The van der Waals surface area contributed by atoms with Crippen molar-refractivity contribution >= 4 is 17.2 Å². The minimum absolute atomic E-state index is 0.222. The molecule has 4 N–H and O–H groups in total. The summed E-state index contributed by atoms with van der Waals surface area (Å²) in [5.74, 6) is -2.63. The Morgan fingerprint density at radius 3 is 2.54 bits per heavy atom. The predicted octanol–water partition coefficient (Wildman–Crippen LogP) is 3.43. The van der Waals surface area contributed by atoms with Gasteiger partial charge in [-0.2, -0.15) is 5.10 Å². The van der Waals surface area contributed by atoms with Crippen LogP contribution in [0.25, 0.3) is 11.3 Å². The minimum Gasteiger partial charge on any atom is -0.365 e. The van der Waals surface area contributed by atoms with E-state index in [1.807, 2.05) is 20.9 Å². The number of hydrogen-bond acceptors (Lipinski definition) is 4. The molecule has 0 saturated heterocycles. The summed E-state index contributed by atoms with van der Waals surface area (Å²) in [6.45, 7) is 4.09. The number of aryl methyl sites for hydroxylation is 3. The van der Waals surface area contributed by atoms with Crippen molar-refractivity contribution < 1.29 is 13.6 Å². The molecule has 5 nitrogen and oxygen atoms in total. The number of carbonyl (C=O) groups excluding carboxylic acids is 1. The summed E-state index contributed by atoms with van der Waals surface area (Å²) < 4.78 is 28.7. The van der Waals surface area contributed by atoms with Crippen molar-refractivity contribution in [3.8, 4) is 11.3 Å². The van der Waals surface area contributed by atoms with Gasteiger partial charge in [-0.15, -0.1) is 11.3 Å². The summed E-state index contributed by atoms with van der Waals surface area (Å²) in [5, 5.41) is 4.30. The highest BCUT2D eigenvalue weighted by Crippen LogP contribution is 2.42. The maximum absolute atomic E-state index is 13.7. The number of nitrogens with two attached hydrogens (primary N) is 2. The quantitative estimate of drug-likeness (QED) is 0.660. The molecule has 0 fully saturated rings. The average molecular weight is 404 g/mol. The van der Waals surface area contributed by atoms with Crippen molar-refractivity contribution in [3.63, 3.8) is 0 Å². The number of thiophene rings is 1. The molecule has 148 valence electrons. The standard InChI is InChI=1S/C20H22F2N4OS/c1-10-9-25-26(3)18(10)16-11(2)28-19(20(24)27)17(16)13(8-23)6-12-4-5-14(21)15(22)7-12/h4-5,7,9,13H,6,8,23H2,1-3H3,(H2,24,27)/t13-/m1/s1. The van der Waals surface area contributed by atoms with Crippen LogP contribution in [0, 0.1) is 25.5 Å². The number of hydrogen-bond donors (Lipinski definition) is 2. The first-order valence-corrected chi connectivity index (χ1v) is 9.62. The van der Waals surface area contributed by atoms with Gasteiger partial charge in [0.1, 0.15) is 0 Å². The summed E-state index contributed by atoms with van der Waals surface area (Å²) in [6, 6.07) is 3.79. The highest BCUT2D eigenvalue weighted by Gasteiger charge is 2.28. The Bertz CT molecular complexity index is 1020. The van der Waals surface area contributed by atoms with Crippen molar-refractivity contribution in [1.29, 1.82) is 0 Å². The molecule has 2 aromatic heterocycles. The zero-order valence-corrected chi connectivity index (χ0v) is 16.7. The number of rotatable bonds is 6. The van der Waals surface area contributed by atoms with Crippen LogP contribution in [-0.2, 0) is 13.5 Å². The van der Waals surface area contributed by atoms with E-state index in [9.17, 15) is 13.6 Å². The minimum atomic E-state index is -0.910. The zero-order valence-electron chi connectivity index (χ0n) is 15.9. The lowest BCUT2D eigenvalue weighted by Crippen LogP contribution is -2.20. The van der Waals surface area contributed by atoms with Crippen LogP contribution in [0.5, 0.6) is 0 Å². The van der Waals surface area contributed by atoms with Gasteiger partial charge >= 0.3 is 0 Å². The second-order valence-corrected chi connectivity index (χ2v) is 8.05. The Balaban J connectivity index is 2.17. The van der Waals surface area contributed by atoms with Crippen LogP contribution >= 0.6 is 11.3 Å². The number of carbonyl (C=O) groups is 1. The fraction of sp³-hybridized carbons (Fsp3) is 0.300. The van der Waals surface area contributed by atoms with Crippen molar-refractivity contribution in [2.45, 2.75) is 26.2 Å². The maximum atomic E-state index is 13.7. The van der Waals surface area contributed by atoms with Gasteiger partial charge in [0.25, 0.3) is 5.91 Å². The van der Waals surface area contributed by atoms with Crippen LogP contribution in [0.4, 0.5) is 8.78 Å². The lowest BCUT2D eigenvalue weighted by atomic mass is 9.87. The first-order valence-electron chi connectivity index (χ1n) is 8.80. The third-order valence-corrected chi connectivity index (χ3v) is 6.00. The van der Waals surface area contributed by atoms with Gasteiger partial charge in [-0.3, -0.25) is 9.48 Å². The van der Waals surface area contributed by atoms with Crippen molar-refractivity contribution in [2.24, 2.45) is 18.5 Å². The summed E-state index contributed by atoms with van der Waals surface area (Å²) in [6.07, 6.45) is 2.11. The Morgan fingerprint density at radius 1 is 1.29 bits per heavy atom. The Labute approximate surface area is 166 Å². The number of primary amides is 1. The van der Waals surface area contributed by atoms with Crippen LogP contribution in [0.3, 0.4) is 0 Å². The maximum Gasteiger partial charge on any atom is 0.259 e. The average Bonchev–Trinajstić information content (AvgIpc) is 3.15. The number of nitrogens with zero attached hydrogens (tertiary/aromatic N) is 2. The van der Waals surface area contributed by atoms with E-state index in [0.29, 0.717) is 16.9 Å². The van der Waals surface area contributed by atoms with E-state index < -0.39 is 17.5 Å². The van der Waals surface area contributed by atoms with E-state index in [0.717, 1.165) is 39.4 Å². The van der Waals surface area contributed by atoms with Gasteiger partial charge in [-0.05, 0) is 55.6 Å². The van der Waals surface area contributed by atoms with E-state index in [1.54, 1.807) is 10.9 Å². The summed E-state index contributed by atoms with van der Waals surface area (Å²) >= 11 is 1.32. The molecule has 0 aliphatic carbocycles. The Morgan fingerprint density at radius 2 is 2.00 bits per heavy atom. The predicted molar refractivity (Wildman–Crippen MR) is 106 cm³/mol. The molecule has 1 atom stereocenters. The van der Waals surface area contributed by atoms with Crippen LogP contribution in [-0.4, -0.2) is 22.2 Å². The first kappa shape index (κ1) is 20.2. The second kappa shape index (κ2) is 7.81. The van der Waals surface area contributed by atoms with Crippen LogP contribution < -0.4 is 11.5 Å². The van der Waals surface area contributed by atoms with Gasteiger partial charge in [-0.25, -0.2) is 8.78 Å². The lowest BCUT2D eigenvalue weighted by molar-refractivity contribution is 0.100. The molecule has 3 rings (SSSR count). The third-order valence-electron chi connectivity index (χ3n) is 4.86. The molecule has 1 aromatic carbocycles. The number of aromatic nitrogens is 2. The molecule has 0 saturated carbocycles. The zero-order chi connectivity index (χ0) is 20.6. The van der Waals surface area contributed by atoms with Gasteiger partial charge in [0, 0.05) is 23.4 Å². The molecule has 28 heavy (non-hydrogen) atoms.